The van der Waals surface area contributed by atoms with Gasteiger partial charge in [-0.15, -0.1) is 0 Å². The number of aromatic nitrogens is 2. The first-order valence-electron chi connectivity index (χ1n) is 9.83. The Morgan fingerprint density at radius 2 is 1.83 bits per heavy atom. The first kappa shape index (κ1) is 19.5. The maximum atomic E-state index is 5.73. The van der Waals surface area contributed by atoms with E-state index in [1.807, 2.05) is 30.5 Å². The monoisotopic (exact) mass is 406 g/mol. The van der Waals surface area contributed by atoms with Crippen LogP contribution in [-0.2, 0) is 0 Å². The molecule has 2 atom stereocenters. The largest absolute Gasteiger partial charge is 0.497 e. The minimum absolute atomic E-state index is 0.0163. The smallest absolute Gasteiger partial charge is 0.170 e. The van der Waals surface area contributed by atoms with Gasteiger partial charge in [0.1, 0.15) is 5.75 Å². The van der Waals surface area contributed by atoms with E-state index in [1.54, 1.807) is 7.11 Å². The first-order valence-corrected chi connectivity index (χ1v) is 10.2. The van der Waals surface area contributed by atoms with Gasteiger partial charge < -0.3 is 19.5 Å². The molecule has 0 saturated carbocycles. The van der Waals surface area contributed by atoms with Crippen molar-refractivity contribution in [3.63, 3.8) is 0 Å². The predicted octanol–water partition coefficient (Wildman–Crippen LogP) is 4.57. The van der Waals surface area contributed by atoms with E-state index in [0.717, 1.165) is 22.2 Å². The summed E-state index contributed by atoms with van der Waals surface area (Å²) in [7, 11) is 1.68. The number of hydrogen-bond acceptors (Lipinski definition) is 3. The normalized spacial score (nSPS) is 18.9. The van der Waals surface area contributed by atoms with Crippen molar-refractivity contribution in [2.24, 2.45) is 0 Å². The van der Waals surface area contributed by atoms with Crippen molar-refractivity contribution in [2.45, 2.75) is 38.9 Å². The topological polar surface area (TPSA) is 42.3 Å². The maximum absolute atomic E-state index is 5.73. The van der Waals surface area contributed by atoms with Crippen molar-refractivity contribution in [3.05, 3.63) is 77.9 Å². The summed E-state index contributed by atoms with van der Waals surface area (Å²) in [6.45, 7) is 6.48. The molecule has 0 unspecified atom stereocenters. The molecule has 1 aromatic carbocycles. The Morgan fingerprint density at radius 1 is 1.07 bits per heavy atom. The number of ether oxygens (including phenoxy) is 1. The molecule has 1 aliphatic heterocycles. The van der Waals surface area contributed by atoms with E-state index in [1.165, 1.54) is 11.4 Å². The van der Waals surface area contributed by atoms with Crippen LogP contribution in [-0.4, -0.2) is 32.7 Å². The summed E-state index contributed by atoms with van der Waals surface area (Å²) in [5, 5.41) is 4.28. The van der Waals surface area contributed by atoms with E-state index in [-0.39, 0.29) is 18.1 Å². The zero-order chi connectivity index (χ0) is 20.5. The second-order valence-electron chi connectivity index (χ2n) is 7.56. The number of benzene rings is 1. The molecule has 0 spiro atoms. The van der Waals surface area contributed by atoms with Gasteiger partial charge in [0, 0.05) is 29.3 Å². The Morgan fingerprint density at radius 3 is 2.45 bits per heavy atom. The van der Waals surface area contributed by atoms with E-state index < -0.39 is 0 Å². The minimum atomic E-state index is -0.0163. The Balaban J connectivity index is 1.85. The molecule has 0 amide bonds. The number of pyridine rings is 1. The molecule has 1 N–H and O–H groups in total. The summed E-state index contributed by atoms with van der Waals surface area (Å²) in [6, 6.07) is 18.8. The zero-order valence-electron chi connectivity index (χ0n) is 17.2. The van der Waals surface area contributed by atoms with Gasteiger partial charge in [0.2, 0.25) is 0 Å². The van der Waals surface area contributed by atoms with Crippen LogP contribution >= 0.6 is 12.2 Å². The molecule has 0 bridgehead atoms. The summed E-state index contributed by atoms with van der Waals surface area (Å²) in [6.07, 6.45) is 1.84. The third kappa shape index (κ3) is 3.49. The third-order valence-electron chi connectivity index (χ3n) is 5.43. The molecule has 6 heteroatoms. The lowest BCUT2D eigenvalue weighted by atomic mass is 10.0. The van der Waals surface area contributed by atoms with Crippen LogP contribution in [0.5, 0.6) is 5.75 Å². The number of nitrogens with zero attached hydrogens (tertiary/aromatic N) is 3. The fourth-order valence-corrected chi connectivity index (χ4v) is 4.56. The maximum Gasteiger partial charge on any atom is 0.170 e. The molecule has 1 saturated heterocycles. The molecule has 5 nitrogen and oxygen atoms in total. The molecule has 3 aromatic rings. The number of thiocarbonyl (C=S) groups is 1. The average molecular weight is 407 g/mol. The van der Waals surface area contributed by atoms with Crippen LogP contribution in [0.1, 0.15) is 43.0 Å². The first-order chi connectivity index (χ1) is 14.0. The number of hydrogen-bond donors (Lipinski definition) is 1. The third-order valence-corrected chi connectivity index (χ3v) is 5.76. The lowest BCUT2D eigenvalue weighted by molar-refractivity contribution is 0.262. The van der Waals surface area contributed by atoms with E-state index in [9.17, 15) is 0 Å². The Hall–Kier alpha value is -2.86. The molecule has 0 radical (unpaired) electrons. The minimum Gasteiger partial charge on any atom is -0.497 e. The van der Waals surface area contributed by atoms with E-state index >= 15 is 0 Å². The van der Waals surface area contributed by atoms with Crippen LogP contribution in [0, 0.1) is 6.92 Å². The van der Waals surface area contributed by atoms with Gasteiger partial charge in [-0.1, -0.05) is 6.07 Å². The fourth-order valence-electron chi connectivity index (χ4n) is 4.11. The molecule has 29 heavy (non-hydrogen) atoms. The molecular formula is C23H26N4OS. The van der Waals surface area contributed by atoms with Gasteiger partial charge in [0.05, 0.1) is 24.9 Å². The van der Waals surface area contributed by atoms with Gasteiger partial charge in [0.15, 0.2) is 5.11 Å². The Labute approximate surface area is 177 Å². The zero-order valence-corrected chi connectivity index (χ0v) is 18.0. The summed E-state index contributed by atoms with van der Waals surface area (Å²) in [4.78, 5) is 6.90. The standard InChI is InChI=1S/C23H26N4OS/c1-15(2)26-22(21(25-23(26)29)19-7-5-6-14-24-19)20-13-8-16(3)27(20)17-9-11-18(28-4)12-10-17/h5-15,21-22H,1-4H3,(H,25,29)/t21-,22-/m1/s1. The van der Waals surface area contributed by atoms with Crippen LogP contribution in [0.2, 0.25) is 0 Å². The van der Waals surface area contributed by atoms with Gasteiger partial charge in [-0.25, -0.2) is 0 Å². The van der Waals surface area contributed by atoms with Crippen LogP contribution in [0.4, 0.5) is 0 Å². The van der Waals surface area contributed by atoms with Crippen molar-refractivity contribution in [1.82, 2.24) is 19.8 Å². The van der Waals surface area contributed by atoms with Crippen LogP contribution in [0.25, 0.3) is 5.69 Å². The highest BCUT2D eigenvalue weighted by molar-refractivity contribution is 7.80. The quantitative estimate of drug-likeness (QED) is 0.629. The molecule has 1 aliphatic rings. The summed E-state index contributed by atoms with van der Waals surface area (Å²) < 4.78 is 7.63. The second-order valence-corrected chi connectivity index (χ2v) is 7.95. The number of aryl methyl sites for hydroxylation is 1. The molecular weight excluding hydrogens is 380 g/mol. The predicted molar refractivity (Wildman–Crippen MR) is 119 cm³/mol. The average Bonchev–Trinajstić information content (AvgIpc) is 3.28. The van der Waals surface area contributed by atoms with Crippen LogP contribution in [0.3, 0.4) is 0 Å². The number of methoxy groups -OCH3 is 1. The fraction of sp³-hybridized carbons (Fsp3) is 0.304. The summed E-state index contributed by atoms with van der Waals surface area (Å²) >= 11 is 5.73. The van der Waals surface area contributed by atoms with Gasteiger partial charge in [-0.3, -0.25) is 4.98 Å². The van der Waals surface area contributed by atoms with Crippen molar-refractivity contribution in [2.75, 3.05) is 7.11 Å². The van der Waals surface area contributed by atoms with Gasteiger partial charge in [-0.2, -0.15) is 0 Å². The molecule has 0 aliphatic carbocycles. The van der Waals surface area contributed by atoms with Crippen molar-refractivity contribution >= 4 is 17.3 Å². The Kier molecular flexibility index (Phi) is 5.28. The molecule has 4 rings (SSSR count). The second kappa shape index (κ2) is 7.87. The Bertz CT molecular complexity index is 997. The lowest BCUT2D eigenvalue weighted by Gasteiger charge is -2.32. The van der Waals surface area contributed by atoms with Crippen LogP contribution < -0.4 is 10.1 Å². The van der Waals surface area contributed by atoms with Gasteiger partial charge in [0.25, 0.3) is 0 Å². The van der Waals surface area contributed by atoms with Crippen LogP contribution in [0.15, 0.2) is 60.8 Å². The molecule has 2 aromatic heterocycles. The molecule has 150 valence electrons. The highest BCUT2D eigenvalue weighted by Crippen LogP contribution is 2.41. The highest BCUT2D eigenvalue weighted by atomic mass is 32.1. The van der Waals surface area contributed by atoms with Crippen molar-refractivity contribution in [1.29, 1.82) is 0 Å². The highest BCUT2D eigenvalue weighted by Gasteiger charge is 2.42. The van der Waals surface area contributed by atoms with E-state index in [2.05, 4.69) is 70.9 Å². The number of rotatable bonds is 5. The van der Waals surface area contributed by atoms with Gasteiger partial charge >= 0.3 is 0 Å². The van der Waals surface area contributed by atoms with Crippen molar-refractivity contribution < 1.29 is 4.74 Å². The van der Waals surface area contributed by atoms with E-state index in [0.29, 0.717) is 0 Å². The summed E-state index contributed by atoms with van der Waals surface area (Å²) in [5.41, 5.74) is 4.45. The SMILES string of the molecule is COc1ccc(-n2c(C)ccc2[C@@H]2[C@@H](c3ccccn3)NC(=S)N2C(C)C)cc1. The lowest BCUT2D eigenvalue weighted by Crippen LogP contribution is -2.36. The summed E-state index contributed by atoms with van der Waals surface area (Å²) in [5.74, 6) is 0.846. The van der Waals surface area contributed by atoms with Crippen molar-refractivity contribution in [3.8, 4) is 11.4 Å². The van der Waals surface area contributed by atoms with Gasteiger partial charge in [-0.05, 0) is 81.5 Å². The molecule has 3 heterocycles. The van der Waals surface area contributed by atoms with E-state index in [4.69, 9.17) is 17.0 Å². The molecule has 1 fully saturated rings. The number of nitrogens with one attached hydrogen (secondary N) is 1.